The van der Waals surface area contributed by atoms with Gasteiger partial charge >= 0.3 is 0 Å². The van der Waals surface area contributed by atoms with E-state index in [4.69, 9.17) is 21.1 Å². The number of carbonyl (C=O) groups excluding carboxylic acids is 1. The van der Waals surface area contributed by atoms with Crippen LogP contribution < -0.4 is 20.3 Å². The number of fused-ring (bicyclic) bond motifs is 1. The van der Waals surface area contributed by atoms with Gasteiger partial charge in [0, 0.05) is 17.6 Å². The zero-order valence-electron chi connectivity index (χ0n) is 14.3. The summed E-state index contributed by atoms with van der Waals surface area (Å²) in [6.07, 6.45) is 1.60. The molecule has 1 heterocycles. The molecule has 1 N–H and O–H groups in total. The molecular formula is C19H17ClN2O4. The topological polar surface area (TPSA) is 69.6 Å². The summed E-state index contributed by atoms with van der Waals surface area (Å²) in [4.78, 5) is 24.9. The molecule has 1 aromatic heterocycles. The number of benzene rings is 2. The van der Waals surface area contributed by atoms with Gasteiger partial charge in [-0.25, -0.2) is 0 Å². The number of aromatic nitrogens is 1. The van der Waals surface area contributed by atoms with Crippen LogP contribution in [0.15, 0.2) is 53.5 Å². The van der Waals surface area contributed by atoms with Gasteiger partial charge in [0.05, 0.1) is 24.9 Å². The Bertz CT molecular complexity index is 1030. The Balaban J connectivity index is 1.85. The summed E-state index contributed by atoms with van der Waals surface area (Å²) in [5, 5.41) is 4.45. The van der Waals surface area contributed by atoms with Gasteiger partial charge in [0.15, 0.2) is 0 Å². The summed E-state index contributed by atoms with van der Waals surface area (Å²) in [5.74, 6) is 0.472. The highest BCUT2D eigenvalue weighted by atomic mass is 35.5. The molecule has 0 saturated heterocycles. The van der Waals surface area contributed by atoms with E-state index >= 15 is 0 Å². The number of halogens is 1. The Hall–Kier alpha value is -2.99. The van der Waals surface area contributed by atoms with Gasteiger partial charge in [-0.15, -0.1) is 0 Å². The van der Waals surface area contributed by atoms with E-state index in [1.54, 1.807) is 36.5 Å². The van der Waals surface area contributed by atoms with Crippen molar-refractivity contribution in [2.24, 2.45) is 0 Å². The first-order chi connectivity index (χ1) is 12.5. The van der Waals surface area contributed by atoms with Gasteiger partial charge in [-0.05, 0) is 23.6 Å². The van der Waals surface area contributed by atoms with Gasteiger partial charge in [0.2, 0.25) is 5.91 Å². The number of anilines is 1. The number of hydrogen-bond acceptors (Lipinski definition) is 4. The molecule has 7 heteroatoms. The smallest absolute Gasteiger partial charge is 0.258 e. The normalized spacial score (nSPS) is 10.6. The highest BCUT2D eigenvalue weighted by Crippen LogP contribution is 2.35. The molecule has 0 aliphatic carbocycles. The molecule has 6 nitrogen and oxygen atoms in total. The molecule has 134 valence electrons. The highest BCUT2D eigenvalue weighted by Gasteiger charge is 2.13. The quantitative estimate of drug-likeness (QED) is 0.746. The number of ether oxygens (including phenoxy) is 2. The molecule has 0 aliphatic rings. The molecule has 0 atom stereocenters. The van der Waals surface area contributed by atoms with Crippen LogP contribution in [-0.2, 0) is 11.3 Å². The largest absolute Gasteiger partial charge is 0.495 e. The van der Waals surface area contributed by atoms with Crippen molar-refractivity contribution in [1.82, 2.24) is 4.57 Å². The van der Waals surface area contributed by atoms with E-state index in [-0.39, 0.29) is 18.0 Å². The van der Waals surface area contributed by atoms with Crippen molar-refractivity contribution in [3.05, 3.63) is 64.0 Å². The lowest BCUT2D eigenvalue weighted by molar-refractivity contribution is -0.116. The lowest BCUT2D eigenvalue weighted by Crippen LogP contribution is -2.27. The zero-order chi connectivity index (χ0) is 18.7. The van der Waals surface area contributed by atoms with E-state index in [0.29, 0.717) is 27.6 Å². The van der Waals surface area contributed by atoms with Crippen LogP contribution in [0.1, 0.15) is 0 Å². The maximum atomic E-state index is 12.5. The van der Waals surface area contributed by atoms with Crippen LogP contribution >= 0.6 is 11.6 Å². The highest BCUT2D eigenvalue weighted by molar-refractivity contribution is 6.32. The third kappa shape index (κ3) is 3.50. The zero-order valence-corrected chi connectivity index (χ0v) is 15.0. The molecule has 0 radical (unpaired) electrons. The third-order valence-corrected chi connectivity index (χ3v) is 4.24. The molecule has 26 heavy (non-hydrogen) atoms. The first-order valence-corrected chi connectivity index (χ1v) is 8.21. The monoisotopic (exact) mass is 372 g/mol. The number of methoxy groups -OCH3 is 2. The van der Waals surface area contributed by atoms with Crippen molar-refractivity contribution in [3.8, 4) is 11.5 Å². The Morgan fingerprint density at radius 2 is 1.85 bits per heavy atom. The molecule has 0 aliphatic heterocycles. The molecule has 0 unspecified atom stereocenters. The van der Waals surface area contributed by atoms with Crippen molar-refractivity contribution in [2.75, 3.05) is 19.5 Å². The molecule has 0 bridgehead atoms. The second-order valence-corrected chi connectivity index (χ2v) is 5.98. The van der Waals surface area contributed by atoms with Gasteiger partial charge < -0.3 is 19.4 Å². The van der Waals surface area contributed by atoms with Gasteiger partial charge in [-0.3, -0.25) is 9.59 Å². The molecule has 0 fully saturated rings. The van der Waals surface area contributed by atoms with Crippen LogP contribution in [0.25, 0.3) is 10.8 Å². The van der Waals surface area contributed by atoms with Crippen molar-refractivity contribution < 1.29 is 14.3 Å². The average molecular weight is 373 g/mol. The summed E-state index contributed by atoms with van der Waals surface area (Å²) < 4.78 is 11.7. The van der Waals surface area contributed by atoms with Crippen molar-refractivity contribution in [2.45, 2.75) is 6.54 Å². The second-order valence-electron chi connectivity index (χ2n) is 5.57. The summed E-state index contributed by atoms with van der Waals surface area (Å²) in [5.41, 5.74) is 0.176. The Kier molecular flexibility index (Phi) is 5.14. The number of rotatable bonds is 5. The van der Waals surface area contributed by atoms with Crippen molar-refractivity contribution in [1.29, 1.82) is 0 Å². The number of carbonyl (C=O) groups is 1. The summed E-state index contributed by atoms with van der Waals surface area (Å²) in [7, 11) is 2.97. The predicted octanol–water partition coefficient (Wildman–Crippen LogP) is 3.31. The molecular weight excluding hydrogens is 356 g/mol. The fourth-order valence-corrected chi connectivity index (χ4v) is 2.90. The number of amides is 1. The maximum absolute atomic E-state index is 12.5. The van der Waals surface area contributed by atoms with E-state index in [2.05, 4.69) is 5.32 Å². The van der Waals surface area contributed by atoms with Crippen LogP contribution in [-0.4, -0.2) is 24.7 Å². The summed E-state index contributed by atoms with van der Waals surface area (Å²) in [6, 6.07) is 12.2. The van der Waals surface area contributed by atoms with E-state index in [1.807, 2.05) is 12.1 Å². The molecule has 0 saturated carbocycles. The fourth-order valence-electron chi connectivity index (χ4n) is 2.66. The maximum Gasteiger partial charge on any atom is 0.258 e. The van der Waals surface area contributed by atoms with Gasteiger partial charge in [-0.1, -0.05) is 29.8 Å². The molecule has 0 spiro atoms. The van der Waals surface area contributed by atoms with Gasteiger partial charge in [0.1, 0.15) is 18.0 Å². The second kappa shape index (κ2) is 7.49. The Labute approximate surface area is 154 Å². The number of pyridine rings is 1. The van der Waals surface area contributed by atoms with Crippen LogP contribution in [0.2, 0.25) is 5.02 Å². The SMILES string of the molecule is COc1cc(OC)c(NC(=O)Cn2ccc3ccccc3c2=O)cc1Cl. The summed E-state index contributed by atoms with van der Waals surface area (Å²) >= 11 is 6.11. The van der Waals surface area contributed by atoms with Crippen LogP contribution in [0, 0.1) is 0 Å². The van der Waals surface area contributed by atoms with E-state index in [9.17, 15) is 9.59 Å². The molecule has 3 aromatic rings. The van der Waals surface area contributed by atoms with E-state index in [0.717, 1.165) is 5.39 Å². The van der Waals surface area contributed by atoms with Crippen molar-refractivity contribution in [3.63, 3.8) is 0 Å². The molecule has 1 amide bonds. The average Bonchev–Trinajstić information content (AvgIpc) is 2.64. The minimum Gasteiger partial charge on any atom is -0.495 e. The lowest BCUT2D eigenvalue weighted by atomic mass is 10.2. The predicted molar refractivity (Wildman–Crippen MR) is 101 cm³/mol. The Morgan fingerprint density at radius 3 is 2.58 bits per heavy atom. The van der Waals surface area contributed by atoms with Gasteiger partial charge in [0.25, 0.3) is 5.56 Å². The van der Waals surface area contributed by atoms with E-state index in [1.165, 1.54) is 18.8 Å². The Morgan fingerprint density at radius 1 is 1.12 bits per heavy atom. The van der Waals surface area contributed by atoms with Crippen molar-refractivity contribution >= 4 is 34.0 Å². The first kappa shape index (κ1) is 17.8. The first-order valence-electron chi connectivity index (χ1n) is 7.83. The number of nitrogens with zero attached hydrogens (tertiary/aromatic N) is 1. The lowest BCUT2D eigenvalue weighted by Gasteiger charge is -2.13. The molecule has 3 rings (SSSR count). The summed E-state index contributed by atoms with van der Waals surface area (Å²) in [6.45, 7) is -0.129. The van der Waals surface area contributed by atoms with Crippen LogP contribution in [0.3, 0.4) is 0 Å². The fraction of sp³-hybridized carbons (Fsp3) is 0.158. The third-order valence-electron chi connectivity index (χ3n) is 3.95. The number of nitrogens with one attached hydrogen (secondary N) is 1. The number of hydrogen-bond donors (Lipinski definition) is 1. The van der Waals surface area contributed by atoms with Crippen LogP contribution in [0.5, 0.6) is 11.5 Å². The minimum atomic E-state index is -0.373. The standard InChI is InChI=1S/C19H17ClN2O4/c1-25-16-10-17(26-2)15(9-14(16)20)21-18(23)11-22-8-7-12-5-3-4-6-13(12)19(22)24/h3-10H,11H2,1-2H3,(H,21,23). The molecule has 2 aromatic carbocycles. The minimum absolute atomic E-state index is 0.129. The van der Waals surface area contributed by atoms with Crippen LogP contribution in [0.4, 0.5) is 5.69 Å². The van der Waals surface area contributed by atoms with Gasteiger partial charge in [-0.2, -0.15) is 0 Å². The van der Waals surface area contributed by atoms with E-state index < -0.39 is 0 Å².